The molecule has 1 aromatic heterocycles. The number of aromatic amines is 1. The highest BCUT2D eigenvalue weighted by Crippen LogP contribution is 2.28. The summed E-state index contributed by atoms with van der Waals surface area (Å²) in [6, 6.07) is 12.6. The molecule has 0 saturated carbocycles. The number of nitrogens with one attached hydrogen (secondary N) is 2. The van der Waals surface area contributed by atoms with Crippen LogP contribution in [0.2, 0.25) is 5.02 Å². The molecule has 1 heterocycles. The van der Waals surface area contributed by atoms with Crippen LogP contribution in [0.25, 0.3) is 10.9 Å². The van der Waals surface area contributed by atoms with E-state index in [4.69, 9.17) is 11.6 Å². The summed E-state index contributed by atoms with van der Waals surface area (Å²) in [6.07, 6.45) is 1.41. The molecule has 0 bridgehead atoms. The summed E-state index contributed by atoms with van der Waals surface area (Å²) < 4.78 is 0. The van der Waals surface area contributed by atoms with Crippen molar-refractivity contribution in [1.29, 1.82) is 0 Å². The molecule has 27 heavy (non-hydrogen) atoms. The van der Waals surface area contributed by atoms with Gasteiger partial charge in [0.1, 0.15) is 5.82 Å². The Labute approximate surface area is 162 Å². The average Bonchev–Trinajstić information content (AvgIpc) is 2.61. The van der Waals surface area contributed by atoms with Crippen LogP contribution in [-0.2, 0) is 11.2 Å². The topological polar surface area (TPSA) is 78.1 Å². The number of halogens is 1. The standard InChI is InChI=1S/C20H21ClN4O2/c1-25(2)17-11-10-13(21)12-16(17)23-19(26)9-5-8-18-22-15-7-4-3-6-14(15)20(27)24-18/h3-4,6-7,10-12H,5,8-9H2,1-2H3,(H,23,26)(H,22,24,27). The fourth-order valence-electron chi connectivity index (χ4n) is 2.88. The highest BCUT2D eigenvalue weighted by Gasteiger charge is 2.10. The lowest BCUT2D eigenvalue weighted by atomic mass is 10.2. The molecule has 2 N–H and O–H groups in total. The van der Waals surface area contributed by atoms with E-state index in [9.17, 15) is 9.59 Å². The van der Waals surface area contributed by atoms with Crippen molar-refractivity contribution in [3.05, 3.63) is 63.7 Å². The van der Waals surface area contributed by atoms with Crippen molar-refractivity contribution in [1.82, 2.24) is 9.97 Å². The Bertz CT molecular complexity index is 1030. The molecule has 0 radical (unpaired) electrons. The lowest BCUT2D eigenvalue weighted by Gasteiger charge is -2.18. The van der Waals surface area contributed by atoms with Crippen molar-refractivity contribution in [2.75, 3.05) is 24.3 Å². The van der Waals surface area contributed by atoms with E-state index in [1.165, 1.54) is 0 Å². The van der Waals surface area contributed by atoms with Gasteiger partial charge >= 0.3 is 0 Å². The van der Waals surface area contributed by atoms with Gasteiger partial charge in [0.15, 0.2) is 0 Å². The number of anilines is 2. The number of aryl methyl sites for hydroxylation is 1. The zero-order chi connectivity index (χ0) is 19.4. The number of aromatic nitrogens is 2. The number of carbonyl (C=O) groups is 1. The Morgan fingerprint density at radius 3 is 2.78 bits per heavy atom. The number of para-hydroxylation sites is 1. The van der Waals surface area contributed by atoms with Crippen molar-refractivity contribution < 1.29 is 4.79 Å². The largest absolute Gasteiger partial charge is 0.376 e. The highest BCUT2D eigenvalue weighted by molar-refractivity contribution is 6.31. The molecule has 0 aliphatic heterocycles. The zero-order valence-corrected chi connectivity index (χ0v) is 16.0. The monoisotopic (exact) mass is 384 g/mol. The van der Waals surface area contributed by atoms with Gasteiger partial charge in [0, 0.05) is 32.0 Å². The van der Waals surface area contributed by atoms with E-state index in [1.807, 2.05) is 37.2 Å². The van der Waals surface area contributed by atoms with E-state index in [0.717, 1.165) is 5.69 Å². The van der Waals surface area contributed by atoms with Gasteiger partial charge in [-0.15, -0.1) is 0 Å². The normalized spacial score (nSPS) is 10.8. The van der Waals surface area contributed by atoms with E-state index in [-0.39, 0.29) is 11.5 Å². The first-order chi connectivity index (χ1) is 12.9. The lowest BCUT2D eigenvalue weighted by Crippen LogP contribution is -2.17. The van der Waals surface area contributed by atoms with Crippen molar-refractivity contribution in [3.8, 4) is 0 Å². The van der Waals surface area contributed by atoms with E-state index in [0.29, 0.717) is 46.7 Å². The summed E-state index contributed by atoms with van der Waals surface area (Å²) in [7, 11) is 3.81. The van der Waals surface area contributed by atoms with Crippen molar-refractivity contribution >= 4 is 39.8 Å². The Hall–Kier alpha value is -2.86. The second-order valence-electron chi connectivity index (χ2n) is 6.49. The Balaban J connectivity index is 1.62. The third-order valence-corrected chi connectivity index (χ3v) is 4.43. The minimum atomic E-state index is -0.158. The summed E-state index contributed by atoms with van der Waals surface area (Å²) in [4.78, 5) is 33.5. The Morgan fingerprint density at radius 2 is 2.00 bits per heavy atom. The molecule has 3 rings (SSSR count). The molecule has 0 aliphatic rings. The molecule has 0 spiro atoms. The molecule has 7 heteroatoms. The number of amides is 1. The minimum Gasteiger partial charge on any atom is -0.376 e. The van der Waals surface area contributed by atoms with Crippen LogP contribution in [0.1, 0.15) is 18.7 Å². The van der Waals surface area contributed by atoms with Gasteiger partial charge in [-0.25, -0.2) is 4.98 Å². The molecule has 0 aliphatic carbocycles. The second kappa shape index (κ2) is 8.22. The molecule has 2 aromatic carbocycles. The number of carbonyl (C=O) groups excluding carboxylic acids is 1. The van der Waals surface area contributed by atoms with Gasteiger partial charge in [0.25, 0.3) is 5.56 Å². The summed E-state index contributed by atoms with van der Waals surface area (Å²) in [6.45, 7) is 0. The molecule has 3 aromatic rings. The van der Waals surface area contributed by atoms with Crippen LogP contribution in [0.5, 0.6) is 0 Å². The molecule has 0 atom stereocenters. The summed E-state index contributed by atoms with van der Waals surface area (Å²) in [5, 5.41) is 4.03. The second-order valence-corrected chi connectivity index (χ2v) is 6.92. The molecule has 0 saturated heterocycles. The third-order valence-electron chi connectivity index (χ3n) is 4.19. The number of nitrogens with zero attached hydrogens (tertiary/aromatic N) is 2. The Kier molecular flexibility index (Phi) is 5.76. The number of H-pyrrole nitrogens is 1. The maximum Gasteiger partial charge on any atom is 0.258 e. The van der Waals surface area contributed by atoms with Crippen LogP contribution in [0.4, 0.5) is 11.4 Å². The first kappa shape index (κ1) is 18.9. The molecule has 0 unspecified atom stereocenters. The van der Waals surface area contributed by atoms with Crippen molar-refractivity contribution in [2.45, 2.75) is 19.3 Å². The van der Waals surface area contributed by atoms with E-state index in [2.05, 4.69) is 15.3 Å². The maximum absolute atomic E-state index is 12.3. The maximum atomic E-state index is 12.3. The summed E-state index contributed by atoms with van der Waals surface area (Å²) in [5.74, 6) is 0.478. The van der Waals surface area contributed by atoms with Gasteiger partial charge < -0.3 is 15.2 Å². The molecule has 140 valence electrons. The van der Waals surface area contributed by atoms with Gasteiger partial charge in [-0.3, -0.25) is 9.59 Å². The van der Waals surface area contributed by atoms with Gasteiger partial charge in [-0.05, 0) is 36.8 Å². The average molecular weight is 385 g/mol. The summed E-state index contributed by atoms with van der Waals surface area (Å²) >= 11 is 6.04. The van der Waals surface area contributed by atoms with Crippen molar-refractivity contribution in [3.63, 3.8) is 0 Å². The van der Waals surface area contributed by atoms with Crippen LogP contribution >= 0.6 is 11.6 Å². The first-order valence-electron chi connectivity index (χ1n) is 8.68. The molecular weight excluding hydrogens is 364 g/mol. The Morgan fingerprint density at radius 1 is 1.22 bits per heavy atom. The quantitative estimate of drug-likeness (QED) is 0.680. The first-order valence-corrected chi connectivity index (χ1v) is 9.06. The van der Waals surface area contributed by atoms with Crippen LogP contribution in [-0.4, -0.2) is 30.0 Å². The SMILES string of the molecule is CN(C)c1ccc(Cl)cc1NC(=O)CCCc1nc2ccccc2c(=O)[nH]1. The number of rotatable bonds is 6. The van der Waals surface area contributed by atoms with Crippen LogP contribution in [0, 0.1) is 0 Å². The minimum absolute atomic E-state index is 0.108. The zero-order valence-electron chi connectivity index (χ0n) is 15.3. The number of hydrogen-bond acceptors (Lipinski definition) is 4. The lowest BCUT2D eigenvalue weighted by molar-refractivity contribution is -0.116. The van der Waals surface area contributed by atoms with Gasteiger partial charge in [-0.1, -0.05) is 23.7 Å². The molecule has 0 fully saturated rings. The van der Waals surface area contributed by atoms with E-state index < -0.39 is 0 Å². The predicted octanol–water partition coefficient (Wildman–Crippen LogP) is 3.60. The number of fused-ring (bicyclic) bond motifs is 1. The molecule has 6 nitrogen and oxygen atoms in total. The fourth-order valence-corrected chi connectivity index (χ4v) is 3.05. The third kappa shape index (κ3) is 4.65. The number of benzene rings is 2. The van der Waals surface area contributed by atoms with Crippen molar-refractivity contribution in [2.24, 2.45) is 0 Å². The van der Waals surface area contributed by atoms with Gasteiger partial charge in [0.05, 0.1) is 22.3 Å². The fraction of sp³-hybridized carbons (Fsp3) is 0.250. The predicted molar refractivity (Wildman–Crippen MR) is 110 cm³/mol. The van der Waals surface area contributed by atoms with Gasteiger partial charge in [0.2, 0.25) is 5.91 Å². The molecule has 1 amide bonds. The van der Waals surface area contributed by atoms with E-state index >= 15 is 0 Å². The smallest absolute Gasteiger partial charge is 0.258 e. The van der Waals surface area contributed by atoms with Crippen LogP contribution in [0.3, 0.4) is 0 Å². The van der Waals surface area contributed by atoms with Gasteiger partial charge in [-0.2, -0.15) is 0 Å². The summed E-state index contributed by atoms with van der Waals surface area (Å²) in [5.41, 5.74) is 2.06. The molecular formula is C20H21ClN4O2. The van der Waals surface area contributed by atoms with Crippen LogP contribution in [0.15, 0.2) is 47.3 Å². The van der Waals surface area contributed by atoms with E-state index in [1.54, 1.807) is 24.3 Å². The highest BCUT2D eigenvalue weighted by atomic mass is 35.5. The van der Waals surface area contributed by atoms with Crippen LogP contribution < -0.4 is 15.8 Å². The number of hydrogen-bond donors (Lipinski definition) is 2.